The monoisotopic (exact) mass is 249 g/mol. The average molecular weight is 249 g/mol. The Kier molecular flexibility index (Phi) is 3.39. The Labute approximate surface area is 109 Å². The molecule has 3 rings (SSSR count). The largest absolute Gasteiger partial charge is 0.360 e. The van der Waals surface area contributed by atoms with Crippen molar-refractivity contribution in [2.45, 2.75) is 51.7 Å². The van der Waals surface area contributed by atoms with Gasteiger partial charge in [0.15, 0.2) is 5.76 Å². The van der Waals surface area contributed by atoms with Crippen LogP contribution in [0.5, 0.6) is 0 Å². The van der Waals surface area contributed by atoms with Crippen LogP contribution < -0.4 is 0 Å². The van der Waals surface area contributed by atoms with E-state index in [1.54, 1.807) is 0 Å². The van der Waals surface area contributed by atoms with E-state index in [-0.39, 0.29) is 0 Å². The average Bonchev–Trinajstić information content (AvgIpc) is 2.97. The van der Waals surface area contributed by atoms with E-state index in [0.717, 1.165) is 24.0 Å². The van der Waals surface area contributed by atoms with Gasteiger partial charge in [-0.15, -0.1) is 0 Å². The summed E-state index contributed by atoms with van der Waals surface area (Å²) in [5, 5.41) is 3.99. The predicted octanol–water partition coefficient (Wildman–Crippen LogP) is 2.04. The molecule has 1 aromatic heterocycles. The second kappa shape index (κ2) is 5.02. The Morgan fingerprint density at radius 2 is 2.33 bits per heavy atom. The second-order valence-corrected chi connectivity index (χ2v) is 5.72. The highest BCUT2D eigenvalue weighted by molar-refractivity contribution is 5.04. The van der Waals surface area contributed by atoms with E-state index in [9.17, 15) is 0 Å². The topological polar surface area (TPSA) is 32.5 Å². The molecule has 0 bridgehead atoms. The molecule has 3 heterocycles. The quantitative estimate of drug-likeness (QED) is 0.820. The smallest absolute Gasteiger partial charge is 0.150 e. The molecule has 2 unspecified atom stereocenters. The minimum Gasteiger partial charge on any atom is -0.360 e. The van der Waals surface area contributed by atoms with Crippen LogP contribution in [-0.2, 0) is 6.54 Å². The molecule has 4 nitrogen and oxygen atoms in total. The molecule has 2 saturated heterocycles. The van der Waals surface area contributed by atoms with Gasteiger partial charge in [-0.3, -0.25) is 9.80 Å². The molecule has 0 N–H and O–H groups in total. The number of aryl methyl sites for hydroxylation is 1. The molecule has 0 amide bonds. The van der Waals surface area contributed by atoms with Crippen molar-refractivity contribution in [2.24, 2.45) is 0 Å². The highest BCUT2D eigenvalue weighted by Crippen LogP contribution is 2.27. The van der Waals surface area contributed by atoms with E-state index in [2.05, 4.69) is 27.9 Å². The summed E-state index contributed by atoms with van der Waals surface area (Å²) in [6, 6.07) is 3.51. The fourth-order valence-electron chi connectivity index (χ4n) is 3.42. The van der Waals surface area contributed by atoms with Crippen molar-refractivity contribution in [2.75, 3.05) is 19.6 Å². The summed E-state index contributed by atoms with van der Waals surface area (Å²) in [6.45, 7) is 8.92. The lowest BCUT2D eigenvalue weighted by Gasteiger charge is -2.43. The highest BCUT2D eigenvalue weighted by Gasteiger charge is 2.35. The molecule has 0 radical (unpaired) electrons. The Bertz CT molecular complexity index is 403. The maximum absolute atomic E-state index is 5.37. The van der Waals surface area contributed by atoms with Crippen molar-refractivity contribution in [1.82, 2.24) is 15.0 Å². The lowest BCUT2D eigenvalue weighted by Crippen LogP contribution is -2.55. The first kappa shape index (κ1) is 12.2. The Balaban J connectivity index is 1.69. The van der Waals surface area contributed by atoms with Gasteiger partial charge in [-0.2, -0.15) is 0 Å². The van der Waals surface area contributed by atoms with Crippen LogP contribution in [0.4, 0.5) is 0 Å². The number of hydrogen-bond acceptors (Lipinski definition) is 4. The molecule has 100 valence electrons. The zero-order valence-corrected chi connectivity index (χ0v) is 11.4. The van der Waals surface area contributed by atoms with E-state index < -0.39 is 0 Å². The molecule has 0 spiro atoms. The Morgan fingerprint density at radius 3 is 3.06 bits per heavy atom. The van der Waals surface area contributed by atoms with Crippen LogP contribution in [0.15, 0.2) is 10.6 Å². The van der Waals surface area contributed by atoms with Crippen molar-refractivity contribution in [3.63, 3.8) is 0 Å². The van der Waals surface area contributed by atoms with Gasteiger partial charge in [-0.1, -0.05) is 12.1 Å². The fourth-order valence-corrected chi connectivity index (χ4v) is 3.42. The van der Waals surface area contributed by atoms with Gasteiger partial charge in [-0.05, 0) is 32.7 Å². The van der Waals surface area contributed by atoms with Gasteiger partial charge in [0, 0.05) is 31.2 Å². The molecule has 2 aliphatic heterocycles. The first-order chi connectivity index (χ1) is 8.76. The molecular formula is C14H23N3O. The minimum absolute atomic E-state index is 0.671. The van der Waals surface area contributed by atoms with Crippen LogP contribution in [-0.4, -0.2) is 46.7 Å². The zero-order chi connectivity index (χ0) is 12.5. The normalized spacial score (nSPS) is 29.7. The van der Waals surface area contributed by atoms with E-state index in [0.29, 0.717) is 6.04 Å². The Morgan fingerprint density at radius 1 is 1.44 bits per heavy atom. The third-order valence-electron chi connectivity index (χ3n) is 4.41. The SMILES string of the molecule is CCC1CN2CCCC2CN1Cc1cc(C)no1. The van der Waals surface area contributed by atoms with Gasteiger partial charge in [0.05, 0.1) is 12.2 Å². The van der Waals surface area contributed by atoms with Crippen molar-refractivity contribution in [3.8, 4) is 0 Å². The number of piperazine rings is 1. The van der Waals surface area contributed by atoms with Gasteiger partial charge in [-0.25, -0.2) is 0 Å². The zero-order valence-electron chi connectivity index (χ0n) is 11.4. The Hall–Kier alpha value is -0.870. The molecule has 4 heteroatoms. The number of aromatic nitrogens is 1. The summed E-state index contributed by atoms with van der Waals surface area (Å²) in [5.41, 5.74) is 0.984. The van der Waals surface area contributed by atoms with Gasteiger partial charge in [0.25, 0.3) is 0 Å². The maximum atomic E-state index is 5.37. The van der Waals surface area contributed by atoms with E-state index in [1.165, 1.54) is 38.9 Å². The van der Waals surface area contributed by atoms with Crippen LogP contribution in [0.25, 0.3) is 0 Å². The van der Waals surface area contributed by atoms with E-state index in [1.807, 2.05) is 6.92 Å². The number of fused-ring (bicyclic) bond motifs is 1. The summed E-state index contributed by atoms with van der Waals surface area (Å²) in [7, 11) is 0. The summed E-state index contributed by atoms with van der Waals surface area (Å²) < 4.78 is 5.37. The lowest BCUT2D eigenvalue weighted by atomic mass is 10.0. The highest BCUT2D eigenvalue weighted by atomic mass is 16.5. The number of nitrogens with zero attached hydrogens (tertiary/aromatic N) is 3. The second-order valence-electron chi connectivity index (χ2n) is 5.72. The first-order valence-electron chi connectivity index (χ1n) is 7.16. The van der Waals surface area contributed by atoms with Crippen molar-refractivity contribution in [3.05, 3.63) is 17.5 Å². The molecule has 18 heavy (non-hydrogen) atoms. The minimum atomic E-state index is 0.671. The fraction of sp³-hybridized carbons (Fsp3) is 0.786. The third-order valence-corrected chi connectivity index (χ3v) is 4.41. The molecule has 2 atom stereocenters. The van der Waals surface area contributed by atoms with Crippen LogP contribution in [0.1, 0.15) is 37.6 Å². The van der Waals surface area contributed by atoms with E-state index >= 15 is 0 Å². The number of hydrogen-bond donors (Lipinski definition) is 0. The molecule has 2 aliphatic rings. The molecule has 0 aliphatic carbocycles. The standard InChI is InChI=1S/C14H23N3O/c1-3-12-8-16-6-4-5-13(16)9-17(12)10-14-7-11(2)15-18-14/h7,12-13H,3-6,8-10H2,1-2H3. The van der Waals surface area contributed by atoms with Crippen molar-refractivity contribution >= 4 is 0 Å². The summed E-state index contributed by atoms with van der Waals surface area (Å²) in [5.74, 6) is 1.01. The van der Waals surface area contributed by atoms with Crippen molar-refractivity contribution in [1.29, 1.82) is 0 Å². The van der Waals surface area contributed by atoms with Crippen LogP contribution in [0.2, 0.25) is 0 Å². The van der Waals surface area contributed by atoms with Crippen LogP contribution >= 0.6 is 0 Å². The van der Waals surface area contributed by atoms with Crippen molar-refractivity contribution < 1.29 is 4.52 Å². The summed E-state index contributed by atoms with van der Waals surface area (Å²) in [4.78, 5) is 5.27. The van der Waals surface area contributed by atoms with Gasteiger partial charge < -0.3 is 4.52 Å². The van der Waals surface area contributed by atoms with Crippen LogP contribution in [0.3, 0.4) is 0 Å². The number of rotatable bonds is 3. The summed E-state index contributed by atoms with van der Waals surface area (Å²) >= 11 is 0. The molecular weight excluding hydrogens is 226 g/mol. The van der Waals surface area contributed by atoms with Gasteiger partial charge in [0.1, 0.15) is 0 Å². The predicted molar refractivity (Wildman–Crippen MR) is 70.3 cm³/mol. The first-order valence-corrected chi connectivity index (χ1v) is 7.16. The maximum Gasteiger partial charge on any atom is 0.150 e. The molecule has 0 saturated carbocycles. The summed E-state index contributed by atoms with van der Waals surface area (Å²) in [6.07, 6.45) is 3.95. The van der Waals surface area contributed by atoms with Gasteiger partial charge >= 0.3 is 0 Å². The lowest BCUT2D eigenvalue weighted by molar-refractivity contribution is 0.0380. The molecule has 2 fully saturated rings. The molecule has 1 aromatic rings. The van der Waals surface area contributed by atoms with Gasteiger partial charge in [0.2, 0.25) is 0 Å². The third kappa shape index (κ3) is 2.31. The van der Waals surface area contributed by atoms with E-state index in [4.69, 9.17) is 4.52 Å². The molecule has 0 aromatic carbocycles. The van der Waals surface area contributed by atoms with Crippen LogP contribution in [0, 0.1) is 6.92 Å².